The van der Waals surface area contributed by atoms with E-state index in [2.05, 4.69) is 37.4 Å². The Kier molecular flexibility index (Phi) is 5.27. The summed E-state index contributed by atoms with van der Waals surface area (Å²) < 4.78 is 26.5. The molecule has 0 spiro atoms. The third kappa shape index (κ3) is 3.72. The summed E-state index contributed by atoms with van der Waals surface area (Å²) in [6.45, 7) is 8.23. The maximum atomic E-state index is 13.3. The number of hydrogen-bond acceptors (Lipinski definition) is 3. The fraction of sp³-hybridized carbons (Fsp3) is 0.455. The molecule has 3 nitrogen and oxygen atoms in total. The summed E-state index contributed by atoms with van der Waals surface area (Å²) >= 11 is 0. The van der Waals surface area contributed by atoms with Crippen LogP contribution in [0.5, 0.6) is 0 Å². The highest BCUT2D eigenvalue weighted by Gasteiger charge is 2.40. The molecule has 1 aliphatic heterocycles. The van der Waals surface area contributed by atoms with Gasteiger partial charge in [0.25, 0.3) is 0 Å². The van der Waals surface area contributed by atoms with Crippen LogP contribution in [0, 0.1) is 13.8 Å². The maximum absolute atomic E-state index is 13.3. The van der Waals surface area contributed by atoms with Crippen LogP contribution in [0.1, 0.15) is 61.4 Å². The van der Waals surface area contributed by atoms with Gasteiger partial charge in [-0.25, -0.2) is 8.42 Å². The van der Waals surface area contributed by atoms with E-state index in [0.717, 1.165) is 41.5 Å². The Morgan fingerprint density at radius 1 is 1.12 bits per heavy atom. The van der Waals surface area contributed by atoms with Gasteiger partial charge in [0.15, 0.2) is 9.84 Å². The monoisotopic (exact) mass is 371 g/mol. The number of nitrogens with one attached hydrogen (secondary N) is 1. The van der Waals surface area contributed by atoms with E-state index in [1.807, 2.05) is 38.1 Å². The molecule has 0 saturated carbocycles. The predicted octanol–water partition coefficient (Wildman–Crippen LogP) is 4.72. The van der Waals surface area contributed by atoms with Gasteiger partial charge in [0.2, 0.25) is 0 Å². The fourth-order valence-corrected chi connectivity index (χ4v) is 6.01. The molecular weight excluding hydrogens is 342 g/mol. The normalized spacial score (nSPS) is 24.7. The van der Waals surface area contributed by atoms with Crippen molar-refractivity contribution in [3.8, 4) is 0 Å². The van der Waals surface area contributed by atoms with E-state index in [-0.39, 0.29) is 11.8 Å². The van der Waals surface area contributed by atoms with Crippen LogP contribution in [-0.4, -0.2) is 19.7 Å². The molecule has 0 radical (unpaired) electrons. The Morgan fingerprint density at radius 2 is 1.77 bits per heavy atom. The SMILES string of the molecule is CCCC[C@]1(C)CS(=O)(=O)c2cc(C)c(C)cc2[C@@H](c2ccccc2)N1. The molecule has 0 bridgehead atoms. The first kappa shape index (κ1) is 19.1. The van der Waals surface area contributed by atoms with Crippen molar-refractivity contribution in [2.45, 2.75) is 63.4 Å². The summed E-state index contributed by atoms with van der Waals surface area (Å²) in [6, 6.07) is 14.0. The number of unbranched alkanes of at least 4 members (excludes halogenated alkanes) is 1. The third-order valence-electron chi connectivity index (χ3n) is 5.49. The van der Waals surface area contributed by atoms with E-state index >= 15 is 0 Å². The van der Waals surface area contributed by atoms with Crippen molar-refractivity contribution in [3.05, 3.63) is 64.7 Å². The van der Waals surface area contributed by atoms with Crippen LogP contribution >= 0.6 is 0 Å². The molecule has 0 unspecified atom stereocenters. The summed E-state index contributed by atoms with van der Waals surface area (Å²) in [5, 5.41) is 3.72. The van der Waals surface area contributed by atoms with Crippen LogP contribution in [-0.2, 0) is 9.84 Å². The second kappa shape index (κ2) is 7.16. The van der Waals surface area contributed by atoms with Crippen molar-refractivity contribution in [3.63, 3.8) is 0 Å². The number of benzene rings is 2. The van der Waals surface area contributed by atoms with Gasteiger partial charge in [0, 0.05) is 5.54 Å². The van der Waals surface area contributed by atoms with Gasteiger partial charge in [0.1, 0.15) is 0 Å². The van der Waals surface area contributed by atoms with Gasteiger partial charge < -0.3 is 0 Å². The lowest BCUT2D eigenvalue weighted by atomic mass is 9.90. The van der Waals surface area contributed by atoms with E-state index < -0.39 is 15.4 Å². The van der Waals surface area contributed by atoms with Gasteiger partial charge >= 0.3 is 0 Å². The zero-order chi connectivity index (χ0) is 18.9. The van der Waals surface area contributed by atoms with Crippen LogP contribution in [0.4, 0.5) is 0 Å². The molecule has 1 N–H and O–H groups in total. The second-order valence-corrected chi connectivity index (χ2v) is 9.84. The van der Waals surface area contributed by atoms with E-state index in [0.29, 0.717) is 4.90 Å². The second-order valence-electron chi connectivity index (χ2n) is 7.89. The topological polar surface area (TPSA) is 46.2 Å². The Hall–Kier alpha value is -1.65. The molecule has 2 aromatic carbocycles. The van der Waals surface area contributed by atoms with Crippen LogP contribution in [0.25, 0.3) is 0 Å². The van der Waals surface area contributed by atoms with Gasteiger partial charge in [-0.05, 0) is 55.5 Å². The van der Waals surface area contributed by atoms with Crippen molar-refractivity contribution in [2.24, 2.45) is 0 Å². The fourth-order valence-electron chi connectivity index (χ4n) is 3.89. The number of rotatable bonds is 4. The average molecular weight is 372 g/mol. The highest BCUT2D eigenvalue weighted by molar-refractivity contribution is 7.91. The molecule has 0 aromatic heterocycles. The molecule has 0 fully saturated rings. The van der Waals surface area contributed by atoms with Crippen LogP contribution < -0.4 is 5.32 Å². The zero-order valence-corrected chi connectivity index (χ0v) is 17.0. The Balaban J connectivity index is 2.22. The van der Waals surface area contributed by atoms with Crippen molar-refractivity contribution in [2.75, 3.05) is 5.75 Å². The molecule has 4 heteroatoms. The molecule has 1 aliphatic rings. The Morgan fingerprint density at radius 3 is 2.42 bits per heavy atom. The molecule has 140 valence electrons. The van der Waals surface area contributed by atoms with Gasteiger partial charge in [-0.2, -0.15) is 0 Å². The minimum atomic E-state index is -3.36. The summed E-state index contributed by atoms with van der Waals surface area (Å²) in [5.74, 6) is 0.138. The number of fused-ring (bicyclic) bond motifs is 1. The highest BCUT2D eigenvalue weighted by atomic mass is 32.2. The van der Waals surface area contributed by atoms with Crippen molar-refractivity contribution >= 4 is 9.84 Å². The molecule has 1 heterocycles. The van der Waals surface area contributed by atoms with E-state index in [1.165, 1.54) is 0 Å². The van der Waals surface area contributed by atoms with Crippen molar-refractivity contribution < 1.29 is 8.42 Å². The average Bonchev–Trinajstić information content (AvgIpc) is 2.68. The van der Waals surface area contributed by atoms with Crippen molar-refractivity contribution in [1.29, 1.82) is 0 Å². The van der Waals surface area contributed by atoms with E-state index in [4.69, 9.17) is 0 Å². The molecule has 0 amide bonds. The highest BCUT2D eigenvalue weighted by Crippen LogP contribution is 2.37. The predicted molar refractivity (Wildman–Crippen MR) is 107 cm³/mol. The number of aryl methyl sites for hydroxylation is 2. The zero-order valence-electron chi connectivity index (χ0n) is 16.2. The minimum Gasteiger partial charge on any atom is -0.300 e. The molecule has 0 aliphatic carbocycles. The molecule has 2 aromatic rings. The van der Waals surface area contributed by atoms with E-state index in [1.54, 1.807) is 0 Å². The Labute approximate surface area is 157 Å². The van der Waals surface area contributed by atoms with Crippen LogP contribution in [0.15, 0.2) is 47.4 Å². The molecule has 3 rings (SSSR count). The summed E-state index contributed by atoms with van der Waals surface area (Å²) in [7, 11) is -3.36. The molecule has 0 saturated heterocycles. The smallest absolute Gasteiger partial charge is 0.180 e. The minimum absolute atomic E-state index is 0.121. The first-order valence-electron chi connectivity index (χ1n) is 9.42. The Bertz CT molecular complexity index is 890. The van der Waals surface area contributed by atoms with Gasteiger partial charge in [-0.1, -0.05) is 56.2 Å². The molecule has 2 atom stereocenters. The standard InChI is InChI=1S/C22H29NO2S/c1-5-6-12-22(4)15-26(24,25)20-14-17(3)16(2)13-19(20)21(23-22)18-10-8-7-9-11-18/h7-11,13-14,21,23H,5-6,12,15H2,1-4H3/t21-,22-/m1/s1. The van der Waals surface area contributed by atoms with Crippen LogP contribution in [0.3, 0.4) is 0 Å². The molecular formula is C22H29NO2S. The summed E-state index contributed by atoms with van der Waals surface area (Å²) in [4.78, 5) is 0.488. The lowest BCUT2D eigenvalue weighted by molar-refractivity contribution is 0.332. The summed E-state index contributed by atoms with van der Waals surface area (Å²) in [5.41, 5.74) is 3.68. The maximum Gasteiger partial charge on any atom is 0.180 e. The van der Waals surface area contributed by atoms with Crippen molar-refractivity contribution in [1.82, 2.24) is 5.32 Å². The van der Waals surface area contributed by atoms with Gasteiger partial charge in [0.05, 0.1) is 16.7 Å². The number of sulfone groups is 1. The van der Waals surface area contributed by atoms with Gasteiger partial charge in [-0.15, -0.1) is 0 Å². The quantitative estimate of drug-likeness (QED) is 0.846. The largest absolute Gasteiger partial charge is 0.300 e. The first-order chi connectivity index (χ1) is 12.3. The first-order valence-corrected chi connectivity index (χ1v) is 11.1. The summed E-state index contributed by atoms with van der Waals surface area (Å²) in [6.07, 6.45) is 2.91. The third-order valence-corrected chi connectivity index (χ3v) is 7.53. The van der Waals surface area contributed by atoms with Gasteiger partial charge in [-0.3, -0.25) is 5.32 Å². The number of hydrogen-bond donors (Lipinski definition) is 1. The lowest BCUT2D eigenvalue weighted by Gasteiger charge is -2.33. The molecule has 26 heavy (non-hydrogen) atoms. The van der Waals surface area contributed by atoms with Crippen LogP contribution in [0.2, 0.25) is 0 Å². The lowest BCUT2D eigenvalue weighted by Crippen LogP contribution is -2.47. The van der Waals surface area contributed by atoms with E-state index in [9.17, 15) is 8.42 Å².